The summed E-state index contributed by atoms with van der Waals surface area (Å²) >= 11 is 0. The Kier molecular flexibility index (Phi) is 2.93. The van der Waals surface area contributed by atoms with Crippen LogP contribution in [0.5, 0.6) is 11.5 Å². The summed E-state index contributed by atoms with van der Waals surface area (Å²) in [5.74, 6) is 1.72. The quantitative estimate of drug-likeness (QED) is 0.801. The van der Waals surface area contributed by atoms with Gasteiger partial charge in [0, 0.05) is 0 Å². The molecule has 0 N–H and O–H groups in total. The molecule has 0 aromatic heterocycles. The number of fused-ring (bicyclic) bond motifs is 1. The van der Waals surface area contributed by atoms with Crippen molar-refractivity contribution in [2.24, 2.45) is 0 Å². The second-order valence-corrected chi connectivity index (χ2v) is 4.58. The molecule has 0 spiro atoms. The third-order valence-corrected chi connectivity index (χ3v) is 3.26. The summed E-state index contributed by atoms with van der Waals surface area (Å²) in [4.78, 5) is 0. The molecule has 1 aliphatic rings. The average molecular weight is 240 g/mol. The minimum Gasteiger partial charge on any atom is -0.486 e. The number of ether oxygens (including phenoxy) is 2. The van der Waals surface area contributed by atoms with Gasteiger partial charge in [-0.2, -0.15) is 0 Å². The minimum atomic E-state index is 0.640. The van der Waals surface area contributed by atoms with E-state index in [4.69, 9.17) is 9.47 Å². The first-order chi connectivity index (χ1) is 8.83. The highest BCUT2D eigenvalue weighted by atomic mass is 16.6. The molecule has 0 bridgehead atoms. The molecule has 0 amide bonds. The van der Waals surface area contributed by atoms with Crippen molar-refractivity contribution in [3.05, 3.63) is 59.2 Å². The Balaban J connectivity index is 1.87. The summed E-state index contributed by atoms with van der Waals surface area (Å²) < 4.78 is 11.1. The van der Waals surface area contributed by atoms with Gasteiger partial charge in [0.2, 0.25) is 0 Å². The van der Waals surface area contributed by atoms with E-state index in [2.05, 4.69) is 43.3 Å². The second-order valence-electron chi connectivity index (χ2n) is 4.58. The minimum absolute atomic E-state index is 0.640. The van der Waals surface area contributed by atoms with Crippen LogP contribution in [0, 0.1) is 6.92 Å². The summed E-state index contributed by atoms with van der Waals surface area (Å²) in [5, 5.41) is 0. The number of aryl methyl sites for hydroxylation is 1. The molecule has 2 heteroatoms. The number of hydrogen-bond acceptors (Lipinski definition) is 2. The van der Waals surface area contributed by atoms with Crippen LogP contribution in [0.1, 0.15) is 16.7 Å². The van der Waals surface area contributed by atoms with Crippen molar-refractivity contribution in [2.45, 2.75) is 13.3 Å². The highest BCUT2D eigenvalue weighted by Crippen LogP contribution is 2.31. The van der Waals surface area contributed by atoms with E-state index >= 15 is 0 Å². The highest BCUT2D eigenvalue weighted by Gasteiger charge is 2.11. The lowest BCUT2D eigenvalue weighted by atomic mass is 10.0. The Morgan fingerprint density at radius 2 is 1.72 bits per heavy atom. The van der Waals surface area contributed by atoms with Crippen LogP contribution in [-0.4, -0.2) is 13.2 Å². The molecule has 2 nitrogen and oxygen atoms in total. The van der Waals surface area contributed by atoms with Gasteiger partial charge in [-0.3, -0.25) is 0 Å². The van der Waals surface area contributed by atoms with Crippen LogP contribution in [-0.2, 0) is 6.42 Å². The van der Waals surface area contributed by atoms with E-state index in [1.165, 1.54) is 16.7 Å². The molecule has 2 aromatic carbocycles. The molecular formula is C16H16O2. The summed E-state index contributed by atoms with van der Waals surface area (Å²) in [7, 11) is 0. The van der Waals surface area contributed by atoms with Crippen LogP contribution in [0.25, 0.3) is 0 Å². The van der Waals surface area contributed by atoms with E-state index in [-0.39, 0.29) is 0 Å². The van der Waals surface area contributed by atoms with Crippen molar-refractivity contribution < 1.29 is 9.47 Å². The van der Waals surface area contributed by atoms with Gasteiger partial charge in [0.1, 0.15) is 13.2 Å². The fourth-order valence-corrected chi connectivity index (χ4v) is 2.23. The van der Waals surface area contributed by atoms with Crippen LogP contribution in [0.4, 0.5) is 0 Å². The maximum absolute atomic E-state index is 5.61. The predicted octanol–water partition coefficient (Wildman–Crippen LogP) is 3.36. The maximum Gasteiger partial charge on any atom is 0.161 e. The van der Waals surface area contributed by atoms with Crippen LogP contribution >= 0.6 is 0 Å². The largest absolute Gasteiger partial charge is 0.486 e. The molecule has 18 heavy (non-hydrogen) atoms. The van der Waals surface area contributed by atoms with Crippen molar-refractivity contribution in [1.82, 2.24) is 0 Å². The fraction of sp³-hybridized carbons (Fsp3) is 0.250. The van der Waals surface area contributed by atoms with Crippen LogP contribution in [0.2, 0.25) is 0 Å². The van der Waals surface area contributed by atoms with Crippen LogP contribution < -0.4 is 9.47 Å². The average Bonchev–Trinajstić information content (AvgIpc) is 2.41. The fourth-order valence-electron chi connectivity index (χ4n) is 2.23. The molecule has 0 fully saturated rings. The Labute approximate surface area is 107 Å². The Bertz CT molecular complexity index is 561. The molecule has 3 rings (SSSR count). The van der Waals surface area contributed by atoms with Gasteiger partial charge in [-0.25, -0.2) is 0 Å². The van der Waals surface area contributed by atoms with E-state index in [1.807, 2.05) is 6.07 Å². The molecule has 1 heterocycles. The molecule has 0 aliphatic carbocycles. The highest BCUT2D eigenvalue weighted by molar-refractivity contribution is 5.45. The SMILES string of the molecule is Cc1ccccc1Cc1ccc2c(c1)OCCO2. The van der Waals surface area contributed by atoms with Crippen molar-refractivity contribution >= 4 is 0 Å². The molecule has 2 aromatic rings. The number of rotatable bonds is 2. The zero-order chi connectivity index (χ0) is 12.4. The van der Waals surface area contributed by atoms with E-state index < -0.39 is 0 Å². The zero-order valence-corrected chi connectivity index (χ0v) is 10.5. The first-order valence-electron chi connectivity index (χ1n) is 6.26. The topological polar surface area (TPSA) is 18.5 Å². The lowest BCUT2D eigenvalue weighted by Crippen LogP contribution is -2.15. The smallest absolute Gasteiger partial charge is 0.161 e. The van der Waals surface area contributed by atoms with Crippen molar-refractivity contribution in [1.29, 1.82) is 0 Å². The summed E-state index contributed by atoms with van der Waals surface area (Å²) in [6.07, 6.45) is 0.934. The summed E-state index contributed by atoms with van der Waals surface area (Å²) in [5.41, 5.74) is 3.94. The Hall–Kier alpha value is -1.96. The molecule has 0 atom stereocenters. The molecule has 0 saturated heterocycles. The van der Waals surface area contributed by atoms with Crippen LogP contribution in [0.3, 0.4) is 0 Å². The Morgan fingerprint density at radius 3 is 2.56 bits per heavy atom. The van der Waals surface area contributed by atoms with E-state index in [0.717, 1.165) is 17.9 Å². The second kappa shape index (κ2) is 4.73. The first-order valence-corrected chi connectivity index (χ1v) is 6.26. The van der Waals surface area contributed by atoms with Gasteiger partial charge >= 0.3 is 0 Å². The Morgan fingerprint density at radius 1 is 0.944 bits per heavy atom. The van der Waals surface area contributed by atoms with Crippen molar-refractivity contribution in [3.63, 3.8) is 0 Å². The van der Waals surface area contributed by atoms with Gasteiger partial charge in [0.25, 0.3) is 0 Å². The van der Waals surface area contributed by atoms with Crippen molar-refractivity contribution in [3.8, 4) is 11.5 Å². The van der Waals surface area contributed by atoms with Gasteiger partial charge < -0.3 is 9.47 Å². The molecule has 0 saturated carbocycles. The molecule has 1 aliphatic heterocycles. The van der Waals surface area contributed by atoms with Gasteiger partial charge in [-0.05, 0) is 42.2 Å². The third kappa shape index (κ3) is 2.19. The summed E-state index contributed by atoms with van der Waals surface area (Å²) in [6.45, 7) is 3.43. The standard InChI is InChI=1S/C16H16O2/c1-12-4-2-3-5-14(12)10-13-6-7-15-16(11-13)18-9-8-17-15/h2-7,11H,8-10H2,1H3. The lowest BCUT2D eigenvalue weighted by molar-refractivity contribution is 0.171. The maximum atomic E-state index is 5.61. The monoisotopic (exact) mass is 240 g/mol. The summed E-state index contributed by atoms with van der Waals surface area (Å²) in [6, 6.07) is 14.7. The van der Waals surface area contributed by atoms with E-state index in [0.29, 0.717) is 13.2 Å². The molecule has 92 valence electrons. The van der Waals surface area contributed by atoms with Gasteiger partial charge in [-0.1, -0.05) is 30.3 Å². The van der Waals surface area contributed by atoms with E-state index in [1.54, 1.807) is 0 Å². The third-order valence-electron chi connectivity index (χ3n) is 3.26. The van der Waals surface area contributed by atoms with E-state index in [9.17, 15) is 0 Å². The van der Waals surface area contributed by atoms with Gasteiger partial charge in [-0.15, -0.1) is 0 Å². The molecule has 0 unspecified atom stereocenters. The lowest BCUT2D eigenvalue weighted by Gasteiger charge is -2.19. The normalized spacial score (nSPS) is 13.4. The van der Waals surface area contributed by atoms with Crippen LogP contribution in [0.15, 0.2) is 42.5 Å². The number of hydrogen-bond donors (Lipinski definition) is 0. The number of benzene rings is 2. The molecule has 0 radical (unpaired) electrons. The first kappa shape index (κ1) is 11.1. The predicted molar refractivity (Wildman–Crippen MR) is 71.4 cm³/mol. The zero-order valence-electron chi connectivity index (χ0n) is 10.5. The van der Waals surface area contributed by atoms with Gasteiger partial charge in [0.15, 0.2) is 11.5 Å². The van der Waals surface area contributed by atoms with Gasteiger partial charge in [0.05, 0.1) is 0 Å². The van der Waals surface area contributed by atoms with Crippen molar-refractivity contribution in [2.75, 3.05) is 13.2 Å². The molecular weight excluding hydrogens is 224 g/mol.